The number of carboxylic acid groups (broad SMARTS) is 1. The van der Waals surface area contributed by atoms with Crippen molar-refractivity contribution in [2.45, 2.75) is 26.3 Å². The standard InChI is InChI=1S/C28H27F2N5O5/c1-28(2,16-31-27(38)39)9-8-17-4-7-24-23(11-17)34(3)25(36)22(15-40-24)33-26(37)35-14-18(13-32-35)10-19-5-6-20(29)12-21(19)30/h4-7,11-14,22,31H,10,15-16H2,1-3H3,(H,33,37)(H,38,39)/t22-/m0/s1. The molecule has 1 aliphatic heterocycles. The van der Waals surface area contributed by atoms with Gasteiger partial charge in [-0.2, -0.15) is 9.78 Å². The van der Waals surface area contributed by atoms with Crippen LogP contribution in [0, 0.1) is 28.9 Å². The van der Waals surface area contributed by atoms with Gasteiger partial charge < -0.3 is 25.4 Å². The van der Waals surface area contributed by atoms with E-state index in [0.29, 0.717) is 22.6 Å². The molecule has 12 heteroatoms. The molecule has 0 radical (unpaired) electrons. The Labute approximate surface area is 228 Å². The smallest absolute Gasteiger partial charge is 0.404 e. The maximum atomic E-state index is 14.0. The van der Waals surface area contributed by atoms with Crippen LogP contribution < -0.4 is 20.3 Å². The minimum absolute atomic E-state index is 0.0986. The Balaban J connectivity index is 1.43. The summed E-state index contributed by atoms with van der Waals surface area (Å²) >= 11 is 0. The normalized spacial score (nSPS) is 14.8. The van der Waals surface area contributed by atoms with Gasteiger partial charge in [-0.1, -0.05) is 17.9 Å². The lowest BCUT2D eigenvalue weighted by Gasteiger charge is -2.20. The average molecular weight is 552 g/mol. The molecule has 4 rings (SSSR count). The van der Waals surface area contributed by atoms with Gasteiger partial charge in [0, 0.05) is 43.3 Å². The lowest BCUT2D eigenvalue weighted by molar-refractivity contribution is -0.120. The number of benzene rings is 2. The number of likely N-dealkylation sites (N-methyl/N-ethyl adjacent to an activating group) is 1. The number of hydrogen-bond donors (Lipinski definition) is 3. The van der Waals surface area contributed by atoms with E-state index in [9.17, 15) is 23.2 Å². The zero-order valence-electron chi connectivity index (χ0n) is 22.0. The van der Waals surface area contributed by atoms with Crippen LogP contribution in [0.15, 0.2) is 48.8 Å². The molecule has 10 nitrogen and oxygen atoms in total. The largest absolute Gasteiger partial charge is 0.489 e. The number of hydrogen-bond acceptors (Lipinski definition) is 5. The first-order valence-electron chi connectivity index (χ1n) is 12.2. The highest BCUT2D eigenvalue weighted by molar-refractivity contribution is 6.00. The summed E-state index contributed by atoms with van der Waals surface area (Å²) in [5, 5.41) is 17.7. The number of carbonyl (C=O) groups is 3. The van der Waals surface area contributed by atoms with Crippen molar-refractivity contribution in [2.75, 3.05) is 25.1 Å². The van der Waals surface area contributed by atoms with E-state index in [1.807, 2.05) is 0 Å². The van der Waals surface area contributed by atoms with Crippen molar-refractivity contribution >= 4 is 23.7 Å². The lowest BCUT2D eigenvalue weighted by Crippen LogP contribution is -2.50. The molecule has 0 spiro atoms. The predicted molar refractivity (Wildman–Crippen MR) is 141 cm³/mol. The first-order valence-corrected chi connectivity index (χ1v) is 12.2. The highest BCUT2D eigenvalue weighted by Gasteiger charge is 2.31. The summed E-state index contributed by atoms with van der Waals surface area (Å²) in [6, 6.07) is 6.62. The summed E-state index contributed by atoms with van der Waals surface area (Å²) < 4.78 is 34.0. The second kappa shape index (κ2) is 11.4. The number of aromatic nitrogens is 2. The molecule has 3 amide bonds. The van der Waals surface area contributed by atoms with Crippen molar-refractivity contribution in [3.8, 4) is 17.6 Å². The fraction of sp³-hybridized carbons (Fsp3) is 0.286. The molecule has 2 aromatic carbocycles. The first-order chi connectivity index (χ1) is 18.9. The van der Waals surface area contributed by atoms with Gasteiger partial charge in [-0.25, -0.2) is 18.4 Å². The maximum absolute atomic E-state index is 14.0. The van der Waals surface area contributed by atoms with Gasteiger partial charge in [-0.05, 0) is 49.2 Å². The maximum Gasteiger partial charge on any atom is 0.404 e. The number of rotatable bonds is 5. The zero-order chi connectivity index (χ0) is 29.0. The van der Waals surface area contributed by atoms with Gasteiger partial charge in [0.05, 0.1) is 11.9 Å². The van der Waals surface area contributed by atoms with E-state index >= 15 is 0 Å². The molecule has 1 aliphatic rings. The van der Waals surface area contributed by atoms with Gasteiger partial charge in [0.2, 0.25) is 0 Å². The SMILES string of the molecule is CN1C(=O)[C@@H](NC(=O)n2cc(Cc3ccc(F)cc3F)cn2)COc2ccc(C#CC(C)(C)CNC(=O)O)cc21. The molecule has 3 aromatic rings. The van der Waals surface area contributed by atoms with E-state index in [2.05, 4.69) is 27.6 Å². The topological polar surface area (TPSA) is 126 Å². The third-order valence-electron chi connectivity index (χ3n) is 6.13. The highest BCUT2D eigenvalue weighted by Crippen LogP contribution is 2.31. The van der Waals surface area contributed by atoms with Gasteiger partial charge in [0.1, 0.15) is 30.0 Å². The van der Waals surface area contributed by atoms with Crippen LogP contribution in [-0.2, 0) is 11.2 Å². The second-order valence-electron chi connectivity index (χ2n) is 9.89. The van der Waals surface area contributed by atoms with Crippen LogP contribution in [0.1, 0.15) is 30.5 Å². The monoisotopic (exact) mass is 551 g/mol. The Morgan fingerprint density at radius 3 is 2.73 bits per heavy atom. The second-order valence-corrected chi connectivity index (χ2v) is 9.89. The van der Waals surface area contributed by atoms with Crippen molar-refractivity contribution in [1.29, 1.82) is 0 Å². The van der Waals surface area contributed by atoms with Gasteiger partial charge >= 0.3 is 12.1 Å². The van der Waals surface area contributed by atoms with Crippen molar-refractivity contribution < 1.29 is 33.0 Å². The molecular weight excluding hydrogens is 524 g/mol. The van der Waals surface area contributed by atoms with E-state index in [4.69, 9.17) is 9.84 Å². The van der Waals surface area contributed by atoms with Gasteiger partial charge in [0.25, 0.3) is 5.91 Å². The Morgan fingerprint density at radius 2 is 2.00 bits per heavy atom. The Kier molecular flexibility index (Phi) is 8.04. The molecular formula is C28H27F2N5O5. The number of carbonyl (C=O) groups excluding carboxylic acids is 2. The summed E-state index contributed by atoms with van der Waals surface area (Å²) in [5.41, 5.74) is 1.19. The quantitative estimate of drug-likeness (QED) is 0.418. The fourth-order valence-electron chi connectivity index (χ4n) is 3.92. The summed E-state index contributed by atoms with van der Waals surface area (Å²) in [4.78, 5) is 38.2. The first kappa shape index (κ1) is 28.1. The van der Waals surface area contributed by atoms with E-state index in [1.165, 1.54) is 23.4 Å². The average Bonchev–Trinajstić information content (AvgIpc) is 3.34. The Morgan fingerprint density at radius 1 is 1.23 bits per heavy atom. The van der Waals surface area contributed by atoms with E-state index in [-0.39, 0.29) is 25.1 Å². The van der Waals surface area contributed by atoms with Crippen LogP contribution in [0.3, 0.4) is 0 Å². The number of nitrogens with zero attached hydrogens (tertiary/aromatic N) is 3. The number of halogens is 2. The van der Waals surface area contributed by atoms with Gasteiger partial charge in [-0.3, -0.25) is 4.79 Å². The molecule has 0 fully saturated rings. The number of ether oxygens (including phenoxy) is 1. The van der Waals surface area contributed by atoms with Crippen LogP contribution in [-0.4, -0.2) is 59.2 Å². The van der Waals surface area contributed by atoms with Crippen molar-refractivity contribution in [3.05, 3.63) is 77.1 Å². The summed E-state index contributed by atoms with van der Waals surface area (Å²) in [6.07, 6.45) is 1.75. The van der Waals surface area contributed by atoms with Gasteiger partial charge in [-0.15, -0.1) is 0 Å². The Bertz CT molecular complexity index is 1520. The molecule has 40 heavy (non-hydrogen) atoms. The van der Waals surface area contributed by atoms with Crippen LogP contribution >= 0.6 is 0 Å². The highest BCUT2D eigenvalue weighted by atomic mass is 19.1. The number of amides is 3. The molecule has 0 bridgehead atoms. The summed E-state index contributed by atoms with van der Waals surface area (Å²) in [5.74, 6) is 4.65. The minimum atomic E-state index is -1.13. The number of anilines is 1. The summed E-state index contributed by atoms with van der Waals surface area (Å²) in [6.45, 7) is 3.61. The molecule has 3 N–H and O–H groups in total. The zero-order valence-corrected chi connectivity index (χ0v) is 22.0. The van der Waals surface area contributed by atoms with E-state index in [0.717, 1.165) is 16.8 Å². The van der Waals surface area contributed by atoms with Crippen LogP contribution in [0.25, 0.3) is 0 Å². The van der Waals surface area contributed by atoms with Crippen molar-refractivity contribution in [2.24, 2.45) is 5.41 Å². The fourth-order valence-corrected chi connectivity index (χ4v) is 3.92. The number of nitrogens with one attached hydrogen (secondary N) is 2. The summed E-state index contributed by atoms with van der Waals surface area (Å²) in [7, 11) is 1.55. The molecule has 0 aliphatic carbocycles. The molecule has 1 atom stereocenters. The Hall–Kier alpha value is -4.92. The van der Waals surface area contributed by atoms with Crippen molar-refractivity contribution in [1.82, 2.24) is 20.4 Å². The lowest BCUT2D eigenvalue weighted by atomic mass is 9.94. The molecule has 0 saturated heterocycles. The van der Waals surface area contributed by atoms with Gasteiger partial charge in [0.15, 0.2) is 0 Å². The van der Waals surface area contributed by atoms with Crippen LogP contribution in [0.5, 0.6) is 5.75 Å². The minimum Gasteiger partial charge on any atom is -0.489 e. The number of fused-ring (bicyclic) bond motifs is 1. The third-order valence-corrected chi connectivity index (χ3v) is 6.13. The van der Waals surface area contributed by atoms with Crippen LogP contribution in [0.4, 0.5) is 24.1 Å². The molecule has 1 aromatic heterocycles. The molecule has 0 saturated carbocycles. The molecule has 208 valence electrons. The van der Waals surface area contributed by atoms with Crippen LogP contribution in [0.2, 0.25) is 0 Å². The third kappa shape index (κ3) is 6.74. The van der Waals surface area contributed by atoms with E-state index in [1.54, 1.807) is 39.1 Å². The van der Waals surface area contributed by atoms with E-state index < -0.39 is 41.1 Å². The molecule has 0 unspecified atom stereocenters. The molecule has 2 heterocycles. The van der Waals surface area contributed by atoms with Crippen molar-refractivity contribution in [3.63, 3.8) is 0 Å². The predicted octanol–water partition coefficient (Wildman–Crippen LogP) is 3.38.